The molecule has 8 nitrogen and oxygen atoms in total. The topological polar surface area (TPSA) is 104 Å². The number of rotatable bonds is 5. The third kappa shape index (κ3) is 3.31. The van der Waals surface area contributed by atoms with Crippen LogP contribution in [-0.4, -0.2) is 32.8 Å². The minimum Gasteiger partial charge on any atom is -0.395 e. The average Bonchev–Trinajstić information content (AvgIpc) is 3.24. The fourth-order valence-electron chi connectivity index (χ4n) is 2.36. The number of aromatic nitrogens is 3. The number of hydrogen-bond donors (Lipinski definition) is 2. The maximum absolute atomic E-state index is 13.0. The molecule has 2 aromatic rings. The maximum atomic E-state index is 13.0. The summed E-state index contributed by atoms with van der Waals surface area (Å²) in [5, 5.41) is 11.0. The van der Waals surface area contributed by atoms with Crippen molar-refractivity contribution in [3.05, 3.63) is 24.0 Å². The van der Waals surface area contributed by atoms with Crippen LogP contribution in [0.25, 0.3) is 0 Å². The molecule has 132 valence electrons. The van der Waals surface area contributed by atoms with Gasteiger partial charge in [-0.25, -0.2) is 4.68 Å². The molecule has 0 saturated heterocycles. The number of thioether (sulfide) groups is 1. The van der Waals surface area contributed by atoms with E-state index in [4.69, 9.17) is 5.84 Å². The summed E-state index contributed by atoms with van der Waals surface area (Å²) in [5.74, 6) is 6.47. The number of carbonyl (C=O) groups is 1. The summed E-state index contributed by atoms with van der Waals surface area (Å²) in [6.45, 7) is 0. The smallest absolute Gasteiger partial charge is 0.395 e. The number of carbonyl (C=O) groups excluding carboxylic acids is 1. The Morgan fingerprint density at radius 1 is 1.36 bits per heavy atom. The van der Waals surface area contributed by atoms with E-state index in [-0.39, 0.29) is 23.2 Å². The first-order valence-electron chi connectivity index (χ1n) is 7.44. The van der Waals surface area contributed by atoms with Gasteiger partial charge >= 0.3 is 6.29 Å². The highest BCUT2D eigenvalue weighted by Crippen LogP contribution is 2.42. The number of hydrogen-bond acceptors (Lipinski definition) is 7. The molecule has 11 heteroatoms. The van der Waals surface area contributed by atoms with Gasteiger partial charge in [0.15, 0.2) is 17.3 Å². The number of nitrogens with zero attached hydrogens (tertiary/aromatic N) is 3. The van der Waals surface area contributed by atoms with E-state index >= 15 is 0 Å². The summed E-state index contributed by atoms with van der Waals surface area (Å²) in [6.07, 6.45) is -1.60. The van der Waals surface area contributed by atoms with Crippen LogP contribution >= 0.6 is 11.8 Å². The number of halogens is 2. The summed E-state index contributed by atoms with van der Waals surface area (Å²) in [4.78, 5) is 12.0. The maximum Gasteiger partial charge on any atom is 0.586 e. The van der Waals surface area contributed by atoms with Crippen molar-refractivity contribution in [2.24, 2.45) is 0 Å². The zero-order valence-corrected chi connectivity index (χ0v) is 13.6. The molecule has 0 bridgehead atoms. The van der Waals surface area contributed by atoms with Crippen LogP contribution in [0.3, 0.4) is 0 Å². The summed E-state index contributed by atoms with van der Waals surface area (Å²) < 4.78 is 36.0. The highest BCUT2D eigenvalue weighted by Gasteiger charge is 2.43. The molecule has 1 aliphatic carbocycles. The van der Waals surface area contributed by atoms with Crippen LogP contribution in [0.4, 0.5) is 14.5 Å². The van der Waals surface area contributed by atoms with Gasteiger partial charge in [0.25, 0.3) is 0 Å². The Morgan fingerprint density at radius 3 is 2.88 bits per heavy atom. The van der Waals surface area contributed by atoms with E-state index < -0.39 is 6.29 Å². The molecule has 2 aliphatic rings. The number of amides is 1. The first-order chi connectivity index (χ1) is 11.9. The zero-order valence-electron chi connectivity index (χ0n) is 12.7. The fraction of sp³-hybridized carbons (Fsp3) is 0.357. The molecule has 1 amide bonds. The minimum absolute atomic E-state index is 0.0462. The molecular weight excluding hydrogens is 356 g/mol. The molecule has 0 atom stereocenters. The van der Waals surface area contributed by atoms with Gasteiger partial charge in [0.1, 0.15) is 0 Å². The summed E-state index contributed by atoms with van der Waals surface area (Å²) in [5.41, 5.74) is 0.318. The standard InChI is InChI=1S/C14H13F2N5O3S/c15-14(16)23-9-4-3-8(5-10(9)24-14)18-11(22)6-25-13-20-19-12(21(13)17)7-1-2-7/h3-5,7H,1-2,6,17H2,(H,18,22). The number of anilines is 1. The highest BCUT2D eigenvalue weighted by atomic mass is 32.2. The second-order valence-corrected chi connectivity index (χ2v) is 6.59. The van der Waals surface area contributed by atoms with Crippen molar-refractivity contribution in [3.63, 3.8) is 0 Å². The van der Waals surface area contributed by atoms with E-state index in [9.17, 15) is 13.6 Å². The molecule has 25 heavy (non-hydrogen) atoms. The number of benzene rings is 1. The number of nitrogens with one attached hydrogen (secondary N) is 1. The summed E-state index contributed by atoms with van der Waals surface area (Å²) in [7, 11) is 0. The lowest BCUT2D eigenvalue weighted by molar-refractivity contribution is -0.286. The third-order valence-electron chi connectivity index (χ3n) is 3.65. The van der Waals surface area contributed by atoms with Crippen molar-refractivity contribution in [2.75, 3.05) is 16.9 Å². The third-order valence-corrected chi connectivity index (χ3v) is 4.59. The van der Waals surface area contributed by atoms with Crippen molar-refractivity contribution >= 4 is 23.4 Å². The average molecular weight is 369 g/mol. The van der Waals surface area contributed by atoms with Gasteiger partial charge < -0.3 is 20.6 Å². The molecule has 1 aromatic heterocycles. The molecule has 2 heterocycles. The van der Waals surface area contributed by atoms with E-state index in [1.54, 1.807) is 0 Å². The van der Waals surface area contributed by atoms with Crippen molar-refractivity contribution in [3.8, 4) is 11.5 Å². The van der Waals surface area contributed by atoms with E-state index in [1.165, 1.54) is 22.9 Å². The number of nitrogens with two attached hydrogens (primary N) is 1. The second kappa shape index (κ2) is 5.76. The molecule has 1 aliphatic heterocycles. The summed E-state index contributed by atoms with van der Waals surface area (Å²) in [6, 6.07) is 4.02. The van der Waals surface area contributed by atoms with Crippen LogP contribution in [-0.2, 0) is 4.79 Å². The van der Waals surface area contributed by atoms with Crippen molar-refractivity contribution in [1.82, 2.24) is 14.9 Å². The second-order valence-electron chi connectivity index (χ2n) is 5.65. The normalized spacial score (nSPS) is 17.5. The molecular formula is C14H13F2N5O3S. The predicted octanol–water partition coefficient (Wildman–Crippen LogP) is 1.92. The van der Waals surface area contributed by atoms with Gasteiger partial charge in [0.05, 0.1) is 5.75 Å². The van der Waals surface area contributed by atoms with Gasteiger partial charge in [0, 0.05) is 17.7 Å². The van der Waals surface area contributed by atoms with Gasteiger partial charge in [0.2, 0.25) is 11.1 Å². The van der Waals surface area contributed by atoms with Gasteiger partial charge in [-0.2, -0.15) is 0 Å². The number of fused-ring (bicyclic) bond motifs is 1. The largest absolute Gasteiger partial charge is 0.586 e. The van der Waals surface area contributed by atoms with E-state index in [0.29, 0.717) is 16.8 Å². The Kier molecular flexibility index (Phi) is 3.67. The Hall–Kier alpha value is -2.56. The number of nitrogen functional groups attached to an aromatic ring is 1. The quantitative estimate of drug-likeness (QED) is 0.613. The van der Waals surface area contributed by atoms with E-state index in [1.807, 2.05) is 0 Å². The fourth-order valence-corrected chi connectivity index (χ4v) is 3.02. The zero-order chi connectivity index (χ0) is 17.6. The monoisotopic (exact) mass is 369 g/mol. The SMILES string of the molecule is Nn1c(SCC(=O)Nc2ccc3c(c2)OC(F)(F)O3)nnc1C1CC1. The number of alkyl halides is 2. The first-order valence-corrected chi connectivity index (χ1v) is 8.43. The Balaban J connectivity index is 1.35. The molecule has 0 unspecified atom stereocenters. The summed E-state index contributed by atoms with van der Waals surface area (Å²) >= 11 is 1.14. The van der Waals surface area contributed by atoms with Gasteiger partial charge in [-0.05, 0) is 25.0 Å². The molecule has 4 rings (SSSR count). The van der Waals surface area contributed by atoms with Crippen molar-refractivity contribution in [2.45, 2.75) is 30.2 Å². The lowest BCUT2D eigenvalue weighted by Crippen LogP contribution is -2.25. The molecule has 3 N–H and O–H groups in total. The van der Waals surface area contributed by atoms with Crippen LogP contribution in [0.2, 0.25) is 0 Å². The lowest BCUT2D eigenvalue weighted by atomic mass is 10.3. The van der Waals surface area contributed by atoms with Crippen LogP contribution in [0.15, 0.2) is 23.4 Å². The van der Waals surface area contributed by atoms with Gasteiger partial charge in [-0.3, -0.25) is 4.79 Å². The van der Waals surface area contributed by atoms with Crippen LogP contribution in [0.5, 0.6) is 11.5 Å². The Bertz CT molecular complexity index is 840. The van der Waals surface area contributed by atoms with Crippen molar-refractivity contribution < 1.29 is 23.0 Å². The first kappa shape index (κ1) is 15.9. The van der Waals surface area contributed by atoms with Gasteiger partial charge in [-0.15, -0.1) is 19.0 Å². The van der Waals surface area contributed by atoms with Crippen LogP contribution < -0.4 is 20.6 Å². The Morgan fingerprint density at radius 2 is 2.12 bits per heavy atom. The molecule has 1 aromatic carbocycles. The van der Waals surface area contributed by atoms with Crippen LogP contribution in [0, 0.1) is 0 Å². The molecule has 1 saturated carbocycles. The Labute approximate surface area is 144 Å². The predicted molar refractivity (Wildman–Crippen MR) is 84.1 cm³/mol. The molecule has 0 radical (unpaired) electrons. The number of ether oxygens (including phenoxy) is 2. The van der Waals surface area contributed by atoms with Crippen molar-refractivity contribution in [1.29, 1.82) is 0 Å². The van der Waals surface area contributed by atoms with Gasteiger partial charge in [-0.1, -0.05) is 11.8 Å². The lowest BCUT2D eigenvalue weighted by Gasteiger charge is -2.06. The molecule has 1 fully saturated rings. The van der Waals surface area contributed by atoms with E-state index in [2.05, 4.69) is 25.0 Å². The van der Waals surface area contributed by atoms with Crippen LogP contribution in [0.1, 0.15) is 24.6 Å². The minimum atomic E-state index is -3.69. The van der Waals surface area contributed by atoms with E-state index in [0.717, 1.165) is 30.4 Å². The molecule has 0 spiro atoms. The highest BCUT2D eigenvalue weighted by molar-refractivity contribution is 7.99.